The predicted octanol–water partition coefficient (Wildman–Crippen LogP) is 0.765. The van der Waals surface area contributed by atoms with Crippen LogP contribution in [0.1, 0.15) is 12.8 Å². The van der Waals surface area contributed by atoms with Gasteiger partial charge >= 0.3 is 5.97 Å². The third-order valence-electron chi connectivity index (χ3n) is 2.87. The fraction of sp³-hybridized carbons (Fsp3) is 0.500. The Morgan fingerprint density at radius 1 is 1.53 bits per heavy atom. The molecule has 1 aromatic rings. The van der Waals surface area contributed by atoms with Gasteiger partial charge in [0, 0.05) is 13.1 Å². The third kappa shape index (κ3) is 2.34. The van der Waals surface area contributed by atoms with Crippen molar-refractivity contribution in [3.8, 4) is 0 Å². The average molecular weight is 259 g/mol. The molecule has 0 bridgehead atoms. The number of piperidine rings is 1. The van der Waals surface area contributed by atoms with Gasteiger partial charge in [-0.2, -0.15) is 4.31 Å². The molecule has 0 saturated carbocycles. The molecule has 1 saturated heterocycles. The molecule has 0 aliphatic carbocycles. The SMILES string of the molecule is O=C(O)C1CCCN(S(=O)(=O)c2ccoc2)C1. The first kappa shape index (κ1) is 12.1. The molecule has 1 N–H and O–H groups in total. The van der Waals surface area contributed by atoms with Gasteiger partial charge in [0.2, 0.25) is 10.0 Å². The van der Waals surface area contributed by atoms with Gasteiger partial charge in [0.25, 0.3) is 0 Å². The van der Waals surface area contributed by atoms with E-state index in [2.05, 4.69) is 0 Å². The van der Waals surface area contributed by atoms with Gasteiger partial charge in [0.05, 0.1) is 12.2 Å². The third-order valence-corrected chi connectivity index (χ3v) is 4.71. The highest BCUT2D eigenvalue weighted by Crippen LogP contribution is 2.23. The van der Waals surface area contributed by atoms with Crippen LogP contribution >= 0.6 is 0 Å². The topological polar surface area (TPSA) is 87.8 Å². The van der Waals surface area contributed by atoms with E-state index in [1.807, 2.05) is 0 Å². The van der Waals surface area contributed by atoms with E-state index in [-0.39, 0.29) is 11.4 Å². The van der Waals surface area contributed by atoms with Crippen LogP contribution in [0, 0.1) is 5.92 Å². The molecule has 0 spiro atoms. The van der Waals surface area contributed by atoms with Crippen LogP contribution in [0.5, 0.6) is 0 Å². The molecule has 1 fully saturated rings. The van der Waals surface area contributed by atoms with Crippen LogP contribution < -0.4 is 0 Å². The number of hydrogen-bond donors (Lipinski definition) is 1. The number of furan rings is 1. The number of carboxylic acids is 1. The smallest absolute Gasteiger partial charge is 0.307 e. The fourth-order valence-electron chi connectivity index (χ4n) is 1.91. The Balaban J connectivity index is 2.20. The van der Waals surface area contributed by atoms with Gasteiger partial charge in [-0.25, -0.2) is 8.42 Å². The van der Waals surface area contributed by atoms with E-state index >= 15 is 0 Å². The van der Waals surface area contributed by atoms with Gasteiger partial charge in [0.1, 0.15) is 11.2 Å². The van der Waals surface area contributed by atoms with Crippen LogP contribution in [-0.4, -0.2) is 36.9 Å². The monoisotopic (exact) mass is 259 g/mol. The molecule has 6 nitrogen and oxygen atoms in total. The first-order valence-electron chi connectivity index (χ1n) is 5.27. The van der Waals surface area contributed by atoms with Gasteiger partial charge in [-0.05, 0) is 18.9 Å². The van der Waals surface area contributed by atoms with Gasteiger partial charge in [-0.3, -0.25) is 4.79 Å². The predicted molar refractivity (Wildman–Crippen MR) is 57.8 cm³/mol. The number of hydrogen-bond acceptors (Lipinski definition) is 4. The molecular formula is C10H13NO5S. The standard InChI is InChI=1S/C10H13NO5S/c12-10(13)8-2-1-4-11(6-8)17(14,15)9-3-5-16-7-9/h3,5,7-8H,1-2,4,6H2,(H,12,13). The van der Waals surface area contributed by atoms with Crippen LogP contribution in [0.4, 0.5) is 0 Å². The first-order valence-corrected chi connectivity index (χ1v) is 6.71. The summed E-state index contributed by atoms with van der Waals surface area (Å²) in [5, 5.41) is 8.91. The summed E-state index contributed by atoms with van der Waals surface area (Å²) >= 11 is 0. The largest absolute Gasteiger partial charge is 0.481 e. The van der Waals surface area contributed by atoms with E-state index in [0.29, 0.717) is 19.4 Å². The summed E-state index contributed by atoms with van der Waals surface area (Å²) in [6.45, 7) is 0.389. The summed E-state index contributed by atoms with van der Waals surface area (Å²) in [5.41, 5.74) is 0. The van der Waals surface area contributed by atoms with E-state index in [0.717, 1.165) is 6.26 Å². The lowest BCUT2D eigenvalue weighted by atomic mass is 10.0. The summed E-state index contributed by atoms with van der Waals surface area (Å²) in [4.78, 5) is 10.9. The maximum absolute atomic E-state index is 12.1. The van der Waals surface area contributed by atoms with Crippen LogP contribution in [0.3, 0.4) is 0 Å². The van der Waals surface area contributed by atoms with Crippen molar-refractivity contribution in [1.29, 1.82) is 0 Å². The molecule has 1 atom stereocenters. The summed E-state index contributed by atoms with van der Waals surface area (Å²) < 4.78 is 30.1. The van der Waals surface area contributed by atoms with Gasteiger partial charge in [-0.1, -0.05) is 0 Å². The Labute approximate surface area is 98.9 Å². The quantitative estimate of drug-likeness (QED) is 0.866. The van der Waals surface area contributed by atoms with Crippen LogP contribution in [0.25, 0.3) is 0 Å². The second-order valence-electron chi connectivity index (χ2n) is 4.00. The summed E-state index contributed by atoms with van der Waals surface area (Å²) in [5.74, 6) is -1.57. The highest BCUT2D eigenvalue weighted by molar-refractivity contribution is 7.89. The lowest BCUT2D eigenvalue weighted by Crippen LogP contribution is -2.42. The highest BCUT2D eigenvalue weighted by atomic mass is 32.2. The van der Waals surface area contributed by atoms with E-state index in [4.69, 9.17) is 9.52 Å². The summed E-state index contributed by atoms with van der Waals surface area (Å²) in [6, 6.07) is 1.36. The zero-order chi connectivity index (χ0) is 12.5. The highest BCUT2D eigenvalue weighted by Gasteiger charge is 2.33. The van der Waals surface area contributed by atoms with E-state index < -0.39 is 21.9 Å². The Bertz CT molecular complexity index is 493. The van der Waals surface area contributed by atoms with Gasteiger partial charge in [0.15, 0.2) is 0 Å². The molecule has 94 valence electrons. The van der Waals surface area contributed by atoms with Crippen LogP contribution in [0.15, 0.2) is 27.9 Å². The number of aliphatic carboxylic acids is 1. The van der Waals surface area contributed by atoms with E-state index in [1.165, 1.54) is 16.6 Å². The van der Waals surface area contributed by atoms with Crippen molar-refractivity contribution >= 4 is 16.0 Å². The molecule has 0 aromatic carbocycles. The molecule has 1 aliphatic heterocycles. The molecule has 1 aliphatic rings. The van der Waals surface area contributed by atoms with Crippen molar-refractivity contribution in [1.82, 2.24) is 4.31 Å². The summed E-state index contributed by atoms with van der Waals surface area (Å²) in [7, 11) is -3.61. The summed E-state index contributed by atoms with van der Waals surface area (Å²) in [6.07, 6.45) is 3.52. The average Bonchev–Trinajstić information content (AvgIpc) is 2.83. The minimum absolute atomic E-state index is 0.0306. The normalized spacial score (nSPS) is 22.5. The van der Waals surface area contributed by atoms with Crippen molar-refractivity contribution in [3.63, 3.8) is 0 Å². The second kappa shape index (κ2) is 4.50. The Morgan fingerprint density at radius 2 is 2.29 bits per heavy atom. The lowest BCUT2D eigenvalue weighted by molar-refractivity contribution is -0.142. The van der Waals surface area contributed by atoms with Crippen molar-refractivity contribution in [2.24, 2.45) is 5.92 Å². The van der Waals surface area contributed by atoms with Gasteiger partial charge < -0.3 is 9.52 Å². The Kier molecular flexibility index (Phi) is 3.21. The minimum atomic E-state index is -3.61. The van der Waals surface area contributed by atoms with Crippen LogP contribution in [0.2, 0.25) is 0 Å². The number of nitrogens with zero attached hydrogens (tertiary/aromatic N) is 1. The number of carboxylic acid groups (broad SMARTS) is 1. The van der Waals surface area contributed by atoms with Crippen molar-refractivity contribution in [3.05, 3.63) is 18.6 Å². The van der Waals surface area contributed by atoms with Crippen molar-refractivity contribution in [2.45, 2.75) is 17.7 Å². The number of sulfonamides is 1. The molecule has 7 heteroatoms. The molecule has 2 heterocycles. The van der Waals surface area contributed by atoms with Gasteiger partial charge in [-0.15, -0.1) is 0 Å². The van der Waals surface area contributed by atoms with Crippen molar-refractivity contribution < 1.29 is 22.7 Å². The lowest BCUT2D eigenvalue weighted by Gasteiger charge is -2.29. The van der Waals surface area contributed by atoms with E-state index in [1.54, 1.807) is 0 Å². The number of rotatable bonds is 3. The second-order valence-corrected chi connectivity index (χ2v) is 5.94. The molecule has 1 unspecified atom stereocenters. The zero-order valence-electron chi connectivity index (χ0n) is 9.07. The minimum Gasteiger partial charge on any atom is -0.481 e. The molecule has 0 amide bonds. The molecule has 17 heavy (non-hydrogen) atoms. The Morgan fingerprint density at radius 3 is 2.88 bits per heavy atom. The van der Waals surface area contributed by atoms with Crippen molar-refractivity contribution in [2.75, 3.05) is 13.1 Å². The molecule has 2 rings (SSSR count). The first-order chi connectivity index (χ1) is 8.01. The maximum atomic E-state index is 12.1. The molecule has 1 aromatic heterocycles. The molecule has 0 radical (unpaired) electrons. The number of carbonyl (C=O) groups is 1. The maximum Gasteiger partial charge on any atom is 0.307 e. The Hall–Kier alpha value is -1.34. The zero-order valence-corrected chi connectivity index (χ0v) is 9.89. The fourth-order valence-corrected chi connectivity index (χ4v) is 3.36. The van der Waals surface area contributed by atoms with Crippen LogP contribution in [-0.2, 0) is 14.8 Å². The molecular weight excluding hydrogens is 246 g/mol. The van der Waals surface area contributed by atoms with E-state index in [9.17, 15) is 13.2 Å².